The predicted molar refractivity (Wildman–Crippen MR) is 58.5 cm³/mol. The van der Waals surface area contributed by atoms with Crippen molar-refractivity contribution in [3.63, 3.8) is 0 Å². The first-order chi connectivity index (χ1) is 8.02. The van der Waals surface area contributed by atoms with E-state index in [4.69, 9.17) is 10.2 Å². The number of urea groups is 1. The summed E-state index contributed by atoms with van der Waals surface area (Å²) in [6.45, 7) is -0.319. The second kappa shape index (κ2) is 5.85. The first kappa shape index (κ1) is 13.0. The number of rotatable bonds is 5. The number of anilines is 1. The fourth-order valence-corrected chi connectivity index (χ4v) is 1.18. The van der Waals surface area contributed by atoms with Crippen molar-refractivity contribution in [3.05, 3.63) is 12.3 Å². The summed E-state index contributed by atoms with van der Waals surface area (Å²) in [6, 6.07) is -0.227. The van der Waals surface area contributed by atoms with Gasteiger partial charge in [0.15, 0.2) is 5.82 Å². The first-order valence-corrected chi connectivity index (χ1v) is 4.93. The molecule has 1 aromatic rings. The molecule has 8 nitrogen and oxygen atoms in total. The number of hydrogen-bond donors (Lipinski definition) is 4. The molecule has 0 unspecified atom stereocenters. The standard InChI is InChI=1S/C9H14N4O4/c1-13-4-2-7(12-13)11-9(17)10-6(3-5-14)8(15)16/h2,4,6,14H,3,5H2,1H3,(H,15,16)(H2,10,11,12,17)/t6-/m0/s1. The number of carboxylic acid groups (broad SMARTS) is 1. The van der Waals surface area contributed by atoms with E-state index in [0.29, 0.717) is 5.82 Å². The Morgan fingerprint density at radius 1 is 1.59 bits per heavy atom. The summed E-state index contributed by atoms with van der Waals surface area (Å²) < 4.78 is 1.50. The molecule has 0 bridgehead atoms. The Balaban J connectivity index is 2.50. The highest BCUT2D eigenvalue weighted by Gasteiger charge is 2.19. The third-order valence-electron chi connectivity index (χ3n) is 1.98. The summed E-state index contributed by atoms with van der Waals surface area (Å²) in [4.78, 5) is 22.1. The molecule has 1 heterocycles. The van der Waals surface area contributed by atoms with Crippen LogP contribution in [0.3, 0.4) is 0 Å². The number of carboxylic acids is 1. The molecule has 0 radical (unpaired) electrons. The van der Waals surface area contributed by atoms with Gasteiger partial charge in [-0.15, -0.1) is 0 Å². The molecule has 0 aliphatic carbocycles. The van der Waals surface area contributed by atoms with Gasteiger partial charge in [-0.2, -0.15) is 5.10 Å². The monoisotopic (exact) mass is 242 g/mol. The summed E-state index contributed by atoms with van der Waals surface area (Å²) >= 11 is 0. The van der Waals surface area contributed by atoms with E-state index in [1.54, 1.807) is 19.3 Å². The zero-order valence-electron chi connectivity index (χ0n) is 9.25. The van der Waals surface area contributed by atoms with E-state index in [2.05, 4.69) is 15.7 Å². The molecule has 94 valence electrons. The van der Waals surface area contributed by atoms with E-state index in [0.717, 1.165) is 0 Å². The highest BCUT2D eigenvalue weighted by Crippen LogP contribution is 2.01. The van der Waals surface area contributed by atoms with Crippen molar-refractivity contribution in [3.8, 4) is 0 Å². The minimum atomic E-state index is -1.20. The van der Waals surface area contributed by atoms with Crippen LogP contribution in [0.5, 0.6) is 0 Å². The summed E-state index contributed by atoms with van der Waals surface area (Å²) in [5, 5.41) is 25.9. The zero-order valence-corrected chi connectivity index (χ0v) is 9.25. The lowest BCUT2D eigenvalue weighted by molar-refractivity contribution is -0.139. The minimum Gasteiger partial charge on any atom is -0.480 e. The average Bonchev–Trinajstić information content (AvgIpc) is 2.63. The molecular formula is C9H14N4O4. The van der Waals surface area contributed by atoms with Crippen molar-refractivity contribution in [1.29, 1.82) is 0 Å². The van der Waals surface area contributed by atoms with Gasteiger partial charge in [0, 0.05) is 32.3 Å². The van der Waals surface area contributed by atoms with Crippen molar-refractivity contribution in [2.24, 2.45) is 7.05 Å². The van der Waals surface area contributed by atoms with E-state index in [9.17, 15) is 9.59 Å². The number of carbonyl (C=O) groups is 2. The average molecular weight is 242 g/mol. The second-order valence-corrected chi connectivity index (χ2v) is 3.38. The van der Waals surface area contributed by atoms with Crippen LogP contribution in [0, 0.1) is 0 Å². The van der Waals surface area contributed by atoms with Crippen molar-refractivity contribution in [1.82, 2.24) is 15.1 Å². The smallest absolute Gasteiger partial charge is 0.326 e. The third kappa shape index (κ3) is 4.11. The number of aliphatic hydroxyl groups excluding tert-OH is 1. The predicted octanol–water partition coefficient (Wildman–Crippen LogP) is -0.623. The van der Waals surface area contributed by atoms with E-state index in [1.807, 2.05) is 0 Å². The first-order valence-electron chi connectivity index (χ1n) is 4.93. The molecule has 4 N–H and O–H groups in total. The van der Waals surface area contributed by atoms with Crippen molar-refractivity contribution < 1.29 is 19.8 Å². The lowest BCUT2D eigenvalue weighted by Gasteiger charge is -2.12. The third-order valence-corrected chi connectivity index (χ3v) is 1.98. The Hall–Kier alpha value is -2.09. The van der Waals surface area contributed by atoms with Gasteiger partial charge in [-0.1, -0.05) is 0 Å². The summed E-state index contributed by atoms with van der Waals surface area (Å²) in [7, 11) is 1.69. The molecule has 0 spiro atoms. The quantitative estimate of drug-likeness (QED) is 0.549. The van der Waals surface area contributed by atoms with Gasteiger partial charge in [0.1, 0.15) is 6.04 Å². The number of aliphatic hydroxyl groups is 1. The van der Waals surface area contributed by atoms with E-state index in [1.165, 1.54) is 4.68 Å². The van der Waals surface area contributed by atoms with E-state index < -0.39 is 18.0 Å². The van der Waals surface area contributed by atoms with Gasteiger partial charge in [0.25, 0.3) is 0 Å². The number of nitrogens with one attached hydrogen (secondary N) is 2. The molecule has 0 aromatic carbocycles. The topological polar surface area (TPSA) is 116 Å². The second-order valence-electron chi connectivity index (χ2n) is 3.38. The molecule has 2 amide bonds. The maximum atomic E-state index is 11.4. The van der Waals surface area contributed by atoms with Crippen LogP contribution in [0.1, 0.15) is 6.42 Å². The fraction of sp³-hybridized carbons (Fsp3) is 0.444. The van der Waals surface area contributed by atoms with Crippen molar-refractivity contribution in [2.45, 2.75) is 12.5 Å². The lowest BCUT2D eigenvalue weighted by Crippen LogP contribution is -2.43. The molecular weight excluding hydrogens is 228 g/mol. The van der Waals surface area contributed by atoms with Crippen LogP contribution in [-0.2, 0) is 11.8 Å². The van der Waals surface area contributed by atoms with Gasteiger partial charge in [-0.25, -0.2) is 9.59 Å². The van der Waals surface area contributed by atoms with Gasteiger partial charge in [-0.05, 0) is 0 Å². The van der Waals surface area contributed by atoms with Gasteiger partial charge in [-0.3, -0.25) is 10.00 Å². The largest absolute Gasteiger partial charge is 0.480 e. The number of aliphatic carboxylic acids is 1. The number of nitrogens with zero attached hydrogens (tertiary/aromatic N) is 2. The number of carbonyl (C=O) groups excluding carboxylic acids is 1. The Morgan fingerprint density at radius 2 is 2.29 bits per heavy atom. The van der Waals surface area contributed by atoms with Crippen LogP contribution in [-0.4, -0.2) is 44.6 Å². The highest BCUT2D eigenvalue weighted by atomic mass is 16.4. The van der Waals surface area contributed by atoms with Crippen LogP contribution in [0.15, 0.2) is 12.3 Å². The molecule has 1 rings (SSSR count). The Labute approximate surface area is 97.2 Å². The van der Waals surface area contributed by atoms with Gasteiger partial charge in [0.2, 0.25) is 0 Å². The van der Waals surface area contributed by atoms with Crippen LogP contribution in [0.4, 0.5) is 10.6 Å². The van der Waals surface area contributed by atoms with Crippen LogP contribution in [0.2, 0.25) is 0 Å². The zero-order chi connectivity index (χ0) is 12.8. The molecule has 0 aliphatic rings. The molecule has 1 aromatic heterocycles. The summed E-state index contributed by atoms with van der Waals surface area (Å²) in [6.07, 6.45) is 1.59. The lowest BCUT2D eigenvalue weighted by atomic mass is 10.2. The molecule has 0 saturated carbocycles. The van der Waals surface area contributed by atoms with Crippen LogP contribution in [0.25, 0.3) is 0 Å². The number of hydrogen-bond acceptors (Lipinski definition) is 4. The van der Waals surface area contributed by atoms with Gasteiger partial charge >= 0.3 is 12.0 Å². The number of aryl methyl sites for hydroxylation is 1. The molecule has 0 saturated heterocycles. The molecule has 1 atom stereocenters. The molecule has 8 heteroatoms. The minimum absolute atomic E-state index is 0.0506. The Bertz CT molecular complexity index is 403. The maximum absolute atomic E-state index is 11.4. The van der Waals surface area contributed by atoms with Crippen molar-refractivity contribution in [2.75, 3.05) is 11.9 Å². The number of aromatic nitrogens is 2. The maximum Gasteiger partial charge on any atom is 0.326 e. The fourth-order valence-electron chi connectivity index (χ4n) is 1.18. The molecule has 0 fully saturated rings. The Morgan fingerprint density at radius 3 is 2.76 bits per heavy atom. The number of amides is 2. The Kier molecular flexibility index (Phi) is 4.46. The van der Waals surface area contributed by atoms with E-state index >= 15 is 0 Å². The van der Waals surface area contributed by atoms with Crippen molar-refractivity contribution >= 4 is 17.8 Å². The SMILES string of the molecule is Cn1ccc(NC(=O)N[C@@H](CCO)C(=O)O)n1. The molecule has 0 aliphatic heterocycles. The summed E-state index contributed by atoms with van der Waals surface area (Å²) in [5.41, 5.74) is 0. The summed E-state index contributed by atoms with van der Waals surface area (Å²) in [5.74, 6) is -0.881. The van der Waals surface area contributed by atoms with E-state index in [-0.39, 0.29) is 13.0 Å². The highest BCUT2D eigenvalue weighted by molar-refractivity contribution is 5.91. The van der Waals surface area contributed by atoms with Gasteiger partial charge in [0.05, 0.1) is 0 Å². The normalized spacial score (nSPS) is 11.9. The van der Waals surface area contributed by atoms with Crippen LogP contribution < -0.4 is 10.6 Å². The molecule has 17 heavy (non-hydrogen) atoms. The van der Waals surface area contributed by atoms with Gasteiger partial charge < -0.3 is 15.5 Å². The van der Waals surface area contributed by atoms with Crippen LogP contribution >= 0.6 is 0 Å².